The number of nitrogens with one attached hydrogen (secondary N) is 1. The Morgan fingerprint density at radius 2 is 1.81 bits per heavy atom. The third kappa shape index (κ3) is 5.50. The van der Waals surface area contributed by atoms with Crippen LogP contribution < -0.4 is 10.3 Å². The van der Waals surface area contributed by atoms with Crippen molar-refractivity contribution in [2.45, 2.75) is 0 Å². The van der Waals surface area contributed by atoms with Crippen molar-refractivity contribution < 1.29 is 9.59 Å². The lowest BCUT2D eigenvalue weighted by Crippen LogP contribution is -2.45. The Labute approximate surface area is 176 Å². The van der Waals surface area contributed by atoms with Gasteiger partial charge in [-0.1, -0.05) is 23.9 Å². The zero-order chi connectivity index (χ0) is 19.1. The molecule has 1 aliphatic heterocycles. The molecule has 1 heterocycles. The van der Waals surface area contributed by atoms with E-state index in [-0.39, 0.29) is 16.1 Å². The molecule has 0 aliphatic carbocycles. The van der Waals surface area contributed by atoms with Crippen LogP contribution in [0.4, 0.5) is 5.69 Å². The Bertz CT molecular complexity index is 707. The van der Waals surface area contributed by atoms with Gasteiger partial charge in [0.15, 0.2) is 4.32 Å². The first-order valence-corrected chi connectivity index (χ1v) is 10.4. The number of anilines is 1. The second kappa shape index (κ2) is 10.4. The number of alkyl halides is 3. The van der Waals surface area contributed by atoms with Crippen LogP contribution in [0, 0.1) is 0 Å². The van der Waals surface area contributed by atoms with Crippen molar-refractivity contribution in [1.82, 2.24) is 10.4 Å². The summed E-state index contributed by atoms with van der Waals surface area (Å²) in [5, 5.41) is 1.04. The molecule has 0 aromatic heterocycles. The van der Waals surface area contributed by atoms with Crippen LogP contribution in [-0.2, 0) is 9.59 Å². The van der Waals surface area contributed by atoms with Crippen LogP contribution in [0.3, 0.4) is 0 Å². The molecule has 1 aliphatic rings. The summed E-state index contributed by atoms with van der Waals surface area (Å²) >= 11 is 23.3. The fourth-order valence-electron chi connectivity index (χ4n) is 2.23. The van der Waals surface area contributed by atoms with Crippen molar-refractivity contribution in [3.63, 3.8) is 0 Å². The maximum Gasteiger partial charge on any atom is 0.285 e. The van der Waals surface area contributed by atoms with E-state index in [1.165, 1.54) is 0 Å². The topological polar surface area (TPSA) is 52.7 Å². The van der Waals surface area contributed by atoms with Gasteiger partial charge in [0.25, 0.3) is 11.8 Å². The molecule has 1 aromatic rings. The second-order valence-corrected chi connectivity index (χ2v) is 7.84. The number of carbonyl (C=O) groups is 2. The van der Waals surface area contributed by atoms with Gasteiger partial charge in [0.2, 0.25) is 0 Å². The van der Waals surface area contributed by atoms with Gasteiger partial charge in [-0.2, -0.15) is 5.01 Å². The third-order valence-electron chi connectivity index (χ3n) is 3.42. The predicted molar refractivity (Wildman–Crippen MR) is 114 cm³/mol. The van der Waals surface area contributed by atoms with Crippen LogP contribution in [-0.4, -0.2) is 51.9 Å². The molecule has 0 unspecified atom stereocenters. The first-order valence-electron chi connectivity index (χ1n) is 7.60. The standard InChI is InChI=1S/C16H16Cl3N3O2S2/c17-5-7-21(8-6-18)12-3-1-11(2-4-12)9-13-15(24)22(16(25)26-13)20-14(23)10-19/h1-4,9H,5-8,10H2,(H,20,23). The number of benzene rings is 1. The van der Waals surface area contributed by atoms with Crippen molar-refractivity contribution in [2.24, 2.45) is 0 Å². The fraction of sp³-hybridized carbons (Fsp3) is 0.312. The molecule has 5 nitrogen and oxygen atoms in total. The summed E-state index contributed by atoms with van der Waals surface area (Å²) in [4.78, 5) is 26.3. The Hall–Kier alpha value is -0.990. The molecule has 1 saturated heterocycles. The predicted octanol–water partition coefficient (Wildman–Crippen LogP) is 3.44. The van der Waals surface area contributed by atoms with Crippen molar-refractivity contribution in [2.75, 3.05) is 35.6 Å². The van der Waals surface area contributed by atoms with E-state index >= 15 is 0 Å². The number of thioether (sulfide) groups is 1. The minimum absolute atomic E-state index is 0.251. The van der Waals surface area contributed by atoms with Gasteiger partial charge in [-0.3, -0.25) is 15.0 Å². The molecule has 0 radical (unpaired) electrons. The molecule has 0 atom stereocenters. The zero-order valence-corrected chi connectivity index (χ0v) is 17.5. The largest absolute Gasteiger partial charge is 0.369 e. The Morgan fingerprint density at radius 3 is 2.35 bits per heavy atom. The lowest BCUT2D eigenvalue weighted by molar-refractivity contribution is -0.131. The number of halogens is 3. The highest BCUT2D eigenvalue weighted by Gasteiger charge is 2.33. The minimum Gasteiger partial charge on any atom is -0.369 e. The van der Waals surface area contributed by atoms with Crippen molar-refractivity contribution in [3.05, 3.63) is 34.7 Å². The van der Waals surface area contributed by atoms with Crippen LogP contribution in [0.5, 0.6) is 0 Å². The number of nitrogens with zero attached hydrogens (tertiary/aromatic N) is 2. The van der Waals surface area contributed by atoms with Crippen molar-refractivity contribution in [3.8, 4) is 0 Å². The van der Waals surface area contributed by atoms with Crippen LogP contribution >= 0.6 is 58.8 Å². The summed E-state index contributed by atoms with van der Waals surface area (Å²) in [5.41, 5.74) is 4.22. The number of carbonyl (C=O) groups excluding carboxylic acids is 2. The van der Waals surface area contributed by atoms with E-state index in [2.05, 4.69) is 10.3 Å². The van der Waals surface area contributed by atoms with E-state index in [1.54, 1.807) is 6.08 Å². The van der Waals surface area contributed by atoms with Crippen molar-refractivity contribution >= 4 is 86.7 Å². The van der Waals surface area contributed by atoms with E-state index < -0.39 is 5.91 Å². The zero-order valence-electron chi connectivity index (χ0n) is 13.6. The van der Waals surface area contributed by atoms with Crippen molar-refractivity contribution in [1.29, 1.82) is 0 Å². The van der Waals surface area contributed by atoms with E-state index in [0.717, 1.165) is 28.0 Å². The second-order valence-electron chi connectivity index (χ2n) is 5.14. The normalized spacial score (nSPS) is 15.7. The number of rotatable bonds is 8. The lowest BCUT2D eigenvalue weighted by Gasteiger charge is -2.22. The maximum atomic E-state index is 12.4. The first kappa shape index (κ1) is 21.3. The van der Waals surface area contributed by atoms with E-state index in [4.69, 9.17) is 47.0 Å². The van der Waals surface area contributed by atoms with Gasteiger partial charge in [0, 0.05) is 30.5 Å². The highest BCUT2D eigenvalue weighted by Crippen LogP contribution is 2.31. The molecule has 1 fully saturated rings. The smallest absolute Gasteiger partial charge is 0.285 e. The summed E-state index contributed by atoms with van der Waals surface area (Å²) in [7, 11) is 0. The molecule has 2 amide bonds. The highest BCUT2D eigenvalue weighted by atomic mass is 35.5. The molecule has 0 spiro atoms. The average Bonchev–Trinajstić information content (AvgIpc) is 2.89. The molecule has 1 N–H and O–H groups in total. The number of hydrazine groups is 1. The third-order valence-corrected chi connectivity index (χ3v) is 5.30. The Balaban J connectivity index is 2.13. The molecule has 0 saturated carbocycles. The van der Waals surface area contributed by atoms with Gasteiger partial charge in [-0.05, 0) is 36.0 Å². The van der Waals surface area contributed by atoms with E-state index in [9.17, 15) is 9.59 Å². The number of hydrogen-bond donors (Lipinski definition) is 1. The van der Waals surface area contributed by atoms with Gasteiger partial charge >= 0.3 is 0 Å². The van der Waals surface area contributed by atoms with Gasteiger partial charge in [-0.15, -0.1) is 34.8 Å². The van der Waals surface area contributed by atoms with Gasteiger partial charge in [0.05, 0.1) is 4.91 Å². The van der Waals surface area contributed by atoms with Crippen LogP contribution in [0.15, 0.2) is 29.2 Å². The molecule has 10 heteroatoms. The summed E-state index contributed by atoms with van der Waals surface area (Å²) in [6.07, 6.45) is 1.73. The summed E-state index contributed by atoms with van der Waals surface area (Å²) in [6, 6.07) is 7.69. The SMILES string of the molecule is O=C(CCl)NN1C(=O)C(=Cc2ccc(N(CCCl)CCCl)cc2)SC1=S. The van der Waals surface area contributed by atoms with Gasteiger partial charge in [-0.25, -0.2) is 0 Å². The number of thiocarbonyl (C=S) groups is 1. The minimum atomic E-state index is -0.493. The maximum absolute atomic E-state index is 12.4. The van der Waals surface area contributed by atoms with Gasteiger partial charge < -0.3 is 4.90 Å². The number of hydrogen-bond acceptors (Lipinski definition) is 5. The average molecular weight is 453 g/mol. The molecular weight excluding hydrogens is 437 g/mol. The Kier molecular flexibility index (Phi) is 8.50. The summed E-state index contributed by atoms with van der Waals surface area (Å²) in [6.45, 7) is 1.40. The molecule has 2 rings (SSSR count). The Morgan fingerprint density at radius 1 is 1.19 bits per heavy atom. The molecule has 140 valence electrons. The van der Waals surface area contributed by atoms with Crippen LogP contribution in [0.25, 0.3) is 6.08 Å². The monoisotopic (exact) mass is 451 g/mol. The molecule has 0 bridgehead atoms. The molecule has 1 aromatic carbocycles. The van der Waals surface area contributed by atoms with Crippen LogP contribution in [0.2, 0.25) is 0 Å². The van der Waals surface area contributed by atoms with E-state index in [1.807, 2.05) is 24.3 Å². The number of amides is 2. The summed E-state index contributed by atoms with van der Waals surface area (Å²) in [5.74, 6) is -0.108. The van der Waals surface area contributed by atoms with Gasteiger partial charge in [0.1, 0.15) is 5.88 Å². The van der Waals surface area contributed by atoms with E-state index in [0.29, 0.717) is 29.8 Å². The quantitative estimate of drug-likeness (QED) is 0.372. The molecular formula is C16H16Cl3N3O2S2. The molecule has 26 heavy (non-hydrogen) atoms. The lowest BCUT2D eigenvalue weighted by atomic mass is 10.1. The summed E-state index contributed by atoms with van der Waals surface area (Å²) < 4.78 is 0.256. The van der Waals surface area contributed by atoms with Crippen LogP contribution in [0.1, 0.15) is 5.56 Å². The first-order chi connectivity index (χ1) is 12.5. The fourth-order valence-corrected chi connectivity index (χ4v) is 3.87. The highest BCUT2D eigenvalue weighted by molar-refractivity contribution is 8.26.